The number of hydrogen-bond donors (Lipinski definition) is 1. The second-order valence-corrected chi connectivity index (χ2v) is 20.3. The number of amides is 2. The molecule has 2 aliphatic rings. The van der Waals surface area contributed by atoms with Crippen LogP contribution in [0.1, 0.15) is 30.0 Å². The summed E-state index contributed by atoms with van der Waals surface area (Å²) in [5.74, 6) is -0.292. The monoisotopic (exact) mass is 816 g/mol. The molecule has 1 fully saturated rings. The zero-order valence-electron chi connectivity index (χ0n) is 33.7. The van der Waals surface area contributed by atoms with E-state index in [4.69, 9.17) is 14.2 Å². The number of methoxy groups -OCH3 is 2. The number of anilines is 1. The number of ether oxygens (including phenoxy) is 3. The lowest BCUT2D eigenvalue weighted by atomic mass is 9.82. The number of nitro groups is 1. The molecule has 1 N–H and O–H groups in total. The molecule has 2 aliphatic heterocycles. The molecule has 2 amide bonds. The normalized spacial score (nSPS) is 19.8. The van der Waals surface area contributed by atoms with Gasteiger partial charge in [0.25, 0.3) is 17.2 Å². The predicted octanol–water partition coefficient (Wildman–Crippen LogP) is 5.94. The smallest absolute Gasteiger partial charge is 0.297 e. The molecule has 306 valence electrons. The number of benzene rings is 4. The lowest BCUT2D eigenvalue weighted by Gasteiger charge is -2.37. The Morgan fingerprint density at radius 2 is 1.66 bits per heavy atom. The van der Waals surface area contributed by atoms with Crippen LogP contribution in [-0.4, -0.2) is 72.9 Å². The second-order valence-electron chi connectivity index (χ2n) is 15.7. The number of nitrogens with zero attached hydrogens (tertiary/aromatic N) is 4. The third kappa shape index (κ3) is 7.54. The summed E-state index contributed by atoms with van der Waals surface area (Å²) in [5, 5.41) is 23.4. The van der Waals surface area contributed by atoms with Gasteiger partial charge in [0.1, 0.15) is 5.75 Å². The van der Waals surface area contributed by atoms with Gasteiger partial charge in [-0.2, -0.15) is 0 Å². The predicted molar refractivity (Wildman–Crippen MR) is 226 cm³/mol. The van der Waals surface area contributed by atoms with Gasteiger partial charge in [-0.25, -0.2) is 0 Å². The third-order valence-corrected chi connectivity index (χ3v) is 16.4. The lowest BCUT2D eigenvalue weighted by Crippen LogP contribution is -2.52. The largest absolute Gasteiger partial charge is 0.497 e. The number of carbonyl (C=O) groups is 2. The maximum atomic E-state index is 15.4. The van der Waals surface area contributed by atoms with Crippen LogP contribution in [0.25, 0.3) is 5.69 Å². The SMILES string of the molecule is COc1ccc([Si](C)(C)[C@@H]2[C@@H](CC(=O)N(CCO)Cc3ccccc3)O[C@]3(C(=O)N(Cc4cccc(-n5cccc(OC)c5=O)c4)c4ccc([N+](=O)[O-])cc43)[C@H]2C)cc1. The average molecular weight is 817 g/mol. The molecule has 4 aromatic carbocycles. The molecule has 0 unspecified atom stereocenters. The number of fused-ring (bicyclic) bond motifs is 2. The fourth-order valence-electron chi connectivity index (χ4n) is 9.11. The minimum absolute atomic E-state index is 0.0724. The Morgan fingerprint density at radius 1 is 0.932 bits per heavy atom. The molecule has 7 rings (SSSR count). The molecular formula is C45H48N4O9Si. The highest BCUT2D eigenvalue weighted by atomic mass is 28.3. The minimum Gasteiger partial charge on any atom is -0.497 e. The molecule has 13 nitrogen and oxygen atoms in total. The average Bonchev–Trinajstić information content (AvgIpc) is 3.66. The van der Waals surface area contributed by atoms with Crippen molar-refractivity contribution in [2.75, 3.05) is 32.3 Å². The summed E-state index contributed by atoms with van der Waals surface area (Å²) in [6.45, 7) is 6.57. The van der Waals surface area contributed by atoms with E-state index >= 15 is 4.79 Å². The molecule has 1 saturated heterocycles. The van der Waals surface area contributed by atoms with Crippen LogP contribution in [0, 0.1) is 16.0 Å². The number of carbonyl (C=O) groups excluding carboxylic acids is 2. The number of aliphatic hydroxyl groups excluding tert-OH is 1. The van der Waals surface area contributed by atoms with Crippen molar-refractivity contribution in [2.24, 2.45) is 5.92 Å². The molecule has 0 radical (unpaired) electrons. The number of non-ortho nitro benzene ring substituents is 1. The lowest BCUT2D eigenvalue weighted by molar-refractivity contribution is -0.385. The van der Waals surface area contributed by atoms with Gasteiger partial charge in [0.15, 0.2) is 11.4 Å². The first-order valence-corrected chi connectivity index (χ1v) is 22.6. The fraction of sp³-hybridized carbons (Fsp3) is 0.311. The van der Waals surface area contributed by atoms with Crippen LogP contribution in [0.3, 0.4) is 0 Å². The first-order valence-electron chi connectivity index (χ1n) is 19.5. The van der Waals surface area contributed by atoms with E-state index in [1.165, 1.54) is 23.8 Å². The van der Waals surface area contributed by atoms with Crippen LogP contribution in [0.2, 0.25) is 18.6 Å². The van der Waals surface area contributed by atoms with Gasteiger partial charge < -0.3 is 29.1 Å². The highest BCUT2D eigenvalue weighted by molar-refractivity contribution is 6.91. The number of hydrogen-bond acceptors (Lipinski definition) is 9. The van der Waals surface area contributed by atoms with Gasteiger partial charge in [0, 0.05) is 48.6 Å². The van der Waals surface area contributed by atoms with E-state index in [0.29, 0.717) is 28.3 Å². The van der Waals surface area contributed by atoms with Gasteiger partial charge in [0.2, 0.25) is 5.91 Å². The first kappa shape index (κ1) is 41.1. The van der Waals surface area contributed by atoms with Crippen molar-refractivity contribution in [3.8, 4) is 17.2 Å². The Bertz CT molecular complexity index is 2420. The third-order valence-electron chi connectivity index (χ3n) is 12.0. The molecule has 0 aliphatic carbocycles. The van der Waals surface area contributed by atoms with Gasteiger partial charge in [-0.3, -0.25) is 29.1 Å². The van der Waals surface area contributed by atoms with Crippen molar-refractivity contribution in [3.63, 3.8) is 0 Å². The van der Waals surface area contributed by atoms with Crippen LogP contribution in [0.4, 0.5) is 11.4 Å². The van der Waals surface area contributed by atoms with Crippen molar-refractivity contribution < 1.29 is 33.8 Å². The Hall–Kier alpha value is -6.09. The van der Waals surface area contributed by atoms with Crippen LogP contribution in [0.5, 0.6) is 11.5 Å². The van der Waals surface area contributed by atoms with E-state index in [2.05, 4.69) is 13.1 Å². The Balaban J connectivity index is 1.32. The van der Waals surface area contributed by atoms with Crippen molar-refractivity contribution in [2.45, 2.75) is 56.8 Å². The van der Waals surface area contributed by atoms with Crippen molar-refractivity contribution in [3.05, 3.63) is 153 Å². The summed E-state index contributed by atoms with van der Waals surface area (Å²) in [6.07, 6.45) is 0.794. The summed E-state index contributed by atoms with van der Waals surface area (Å²) in [7, 11) is 0.351. The van der Waals surface area contributed by atoms with Crippen LogP contribution < -0.4 is 25.1 Å². The molecular weight excluding hydrogens is 769 g/mol. The molecule has 14 heteroatoms. The molecule has 1 spiro atoms. The topological polar surface area (TPSA) is 154 Å². The van der Waals surface area contributed by atoms with E-state index < -0.39 is 30.6 Å². The van der Waals surface area contributed by atoms with Gasteiger partial charge in [-0.1, -0.05) is 79.8 Å². The zero-order chi connectivity index (χ0) is 42.1. The summed E-state index contributed by atoms with van der Waals surface area (Å²) < 4.78 is 19.3. The molecule has 3 heterocycles. The number of nitro benzene ring substituents is 1. The van der Waals surface area contributed by atoms with Crippen LogP contribution in [-0.2, 0) is 33.0 Å². The number of aromatic nitrogens is 1. The Labute approximate surface area is 343 Å². The Morgan fingerprint density at radius 3 is 2.34 bits per heavy atom. The number of aliphatic hydroxyl groups is 1. The van der Waals surface area contributed by atoms with Gasteiger partial charge in [-0.15, -0.1) is 0 Å². The summed E-state index contributed by atoms with van der Waals surface area (Å²) in [5.41, 5.74) is 0.489. The maximum Gasteiger partial charge on any atom is 0.297 e. The van der Waals surface area contributed by atoms with E-state index in [1.807, 2.05) is 73.7 Å². The summed E-state index contributed by atoms with van der Waals surface area (Å²) >= 11 is 0. The van der Waals surface area contributed by atoms with Crippen molar-refractivity contribution in [1.82, 2.24) is 9.47 Å². The van der Waals surface area contributed by atoms with Crippen molar-refractivity contribution >= 4 is 36.4 Å². The van der Waals surface area contributed by atoms with Gasteiger partial charge in [-0.05, 0) is 59.1 Å². The fourth-order valence-corrected chi connectivity index (χ4v) is 13.1. The molecule has 5 aromatic rings. The second kappa shape index (κ2) is 16.6. The summed E-state index contributed by atoms with van der Waals surface area (Å²) in [6, 6.07) is 32.3. The maximum absolute atomic E-state index is 15.4. The summed E-state index contributed by atoms with van der Waals surface area (Å²) in [4.78, 5) is 58.0. The van der Waals surface area contributed by atoms with E-state index in [9.17, 15) is 24.8 Å². The molecule has 59 heavy (non-hydrogen) atoms. The van der Waals surface area contributed by atoms with E-state index in [-0.39, 0.29) is 67.0 Å². The molecule has 0 saturated carbocycles. The Kier molecular flexibility index (Phi) is 11.6. The van der Waals surface area contributed by atoms with Crippen LogP contribution >= 0.6 is 0 Å². The standard InChI is InChI=1S/C45H48N4O9Si/c1-30-42(59(4,5)36-19-17-35(56-2)18-20-36)40(27-41(51)46(23-24-50)28-31-11-7-6-8-12-31)58-45(30)37-26-34(49(54)55)16-21-38(37)48(44(45)53)29-32-13-9-14-33(25-32)47-22-10-15-39(57-3)43(47)52/h6-22,25-26,30,40,42,50H,23-24,27-29H2,1-5H3/t30-,40+,42-,45+/m0/s1. The first-order chi connectivity index (χ1) is 28.3. The number of rotatable bonds is 14. The number of pyridine rings is 1. The molecule has 4 atom stereocenters. The minimum atomic E-state index is -2.68. The van der Waals surface area contributed by atoms with Gasteiger partial charge >= 0.3 is 0 Å². The van der Waals surface area contributed by atoms with Crippen molar-refractivity contribution in [1.29, 1.82) is 0 Å². The highest BCUT2D eigenvalue weighted by Crippen LogP contribution is 2.60. The van der Waals surface area contributed by atoms with E-state index in [1.54, 1.807) is 53.4 Å². The molecule has 0 bridgehead atoms. The molecule has 1 aromatic heterocycles. The van der Waals surface area contributed by atoms with Gasteiger partial charge in [0.05, 0.1) is 58.6 Å². The van der Waals surface area contributed by atoms with E-state index in [0.717, 1.165) is 10.8 Å². The van der Waals surface area contributed by atoms with Crippen LogP contribution in [0.15, 0.2) is 120 Å². The quantitative estimate of drug-likeness (QED) is 0.0816. The highest BCUT2D eigenvalue weighted by Gasteiger charge is 2.66. The zero-order valence-corrected chi connectivity index (χ0v) is 34.7.